The van der Waals surface area contributed by atoms with Gasteiger partial charge in [0.2, 0.25) is 5.43 Å². The number of H-pyrrole nitrogens is 1. The summed E-state index contributed by atoms with van der Waals surface area (Å²) < 4.78 is 0.935. The Labute approximate surface area is 151 Å². The lowest BCUT2D eigenvalue weighted by molar-refractivity contribution is 0.210. The molecule has 0 bridgehead atoms. The highest BCUT2D eigenvalue weighted by molar-refractivity contribution is 9.10. The second-order valence-corrected chi connectivity index (χ2v) is 6.30. The number of nitrogens with one attached hydrogen (secondary N) is 2. The summed E-state index contributed by atoms with van der Waals surface area (Å²) >= 11 is 3.37. The predicted molar refractivity (Wildman–Crippen MR) is 98.9 cm³/mol. The number of carboxylic acid groups (broad SMARTS) is 1. The lowest BCUT2D eigenvalue weighted by Crippen LogP contribution is -2.15. The van der Waals surface area contributed by atoms with E-state index in [0.717, 1.165) is 15.6 Å². The molecule has 0 saturated heterocycles. The Hall–Kier alpha value is -2.93. The van der Waals surface area contributed by atoms with Crippen molar-refractivity contribution in [2.45, 2.75) is 6.42 Å². The van der Waals surface area contributed by atoms with Crippen LogP contribution in [-0.2, 0) is 6.42 Å². The molecule has 3 aromatic rings. The minimum Gasteiger partial charge on any atom is -0.465 e. The van der Waals surface area contributed by atoms with E-state index < -0.39 is 6.09 Å². The topological polar surface area (TPSA) is 95.1 Å². The highest BCUT2D eigenvalue weighted by Crippen LogP contribution is 2.19. The van der Waals surface area contributed by atoms with Gasteiger partial charge in [-0.15, -0.1) is 0 Å². The average Bonchev–Trinajstić information content (AvgIpc) is 2.57. The first-order chi connectivity index (χ1) is 12.0. The number of benzene rings is 2. The third kappa shape index (κ3) is 4.13. The van der Waals surface area contributed by atoms with Gasteiger partial charge in [0.1, 0.15) is 5.69 Å². The third-order valence-electron chi connectivity index (χ3n) is 3.62. The van der Waals surface area contributed by atoms with Gasteiger partial charge in [0.05, 0.1) is 0 Å². The smallest absolute Gasteiger partial charge is 0.409 e. The lowest BCUT2D eigenvalue weighted by Gasteiger charge is -2.06. The number of nitrogens with zero attached hydrogens (tertiary/aromatic N) is 1. The Kier molecular flexibility index (Phi) is 4.95. The Morgan fingerprint density at radius 2 is 1.96 bits per heavy atom. The molecule has 0 atom stereocenters. The van der Waals surface area contributed by atoms with Crippen LogP contribution in [0.4, 0.5) is 10.5 Å². The SMILES string of the molecule is O=C(O)Nc1cccc(Cc2n[nH]cc(-c3ccc(Br)cc3)c2=O)c1. The molecule has 3 N–H and O–H groups in total. The quantitative estimate of drug-likeness (QED) is 0.620. The van der Waals surface area contributed by atoms with E-state index in [1.807, 2.05) is 30.3 Å². The standard InChI is InChI=1S/C18H14BrN3O3/c19-13-6-4-12(5-7-13)15-10-20-22-16(17(15)23)9-11-2-1-3-14(8-11)21-18(24)25/h1-8,10,21H,9H2,(H,20,23)(H,24,25). The van der Waals surface area contributed by atoms with Crippen LogP contribution in [-0.4, -0.2) is 21.4 Å². The van der Waals surface area contributed by atoms with Crippen molar-refractivity contribution in [3.05, 3.63) is 80.7 Å². The number of halogens is 1. The first-order valence-electron chi connectivity index (χ1n) is 7.45. The molecule has 0 saturated carbocycles. The molecule has 0 unspecified atom stereocenters. The minimum absolute atomic E-state index is 0.155. The molecular formula is C18H14BrN3O3. The molecular weight excluding hydrogens is 386 g/mol. The normalized spacial score (nSPS) is 10.4. The molecule has 126 valence electrons. The van der Waals surface area contributed by atoms with Gasteiger partial charge in [-0.2, -0.15) is 5.10 Å². The molecule has 1 amide bonds. The molecule has 6 nitrogen and oxygen atoms in total. The van der Waals surface area contributed by atoms with Crippen LogP contribution in [0.15, 0.2) is 64.0 Å². The van der Waals surface area contributed by atoms with Gasteiger partial charge in [-0.25, -0.2) is 4.79 Å². The summed E-state index contributed by atoms with van der Waals surface area (Å²) in [5.41, 5.74) is 2.79. The Morgan fingerprint density at radius 3 is 2.68 bits per heavy atom. The van der Waals surface area contributed by atoms with Crippen LogP contribution < -0.4 is 10.7 Å². The van der Waals surface area contributed by atoms with Crippen LogP contribution in [0.2, 0.25) is 0 Å². The fourth-order valence-electron chi connectivity index (χ4n) is 2.49. The lowest BCUT2D eigenvalue weighted by atomic mass is 10.0. The first kappa shape index (κ1) is 16.9. The minimum atomic E-state index is -1.13. The van der Waals surface area contributed by atoms with E-state index in [2.05, 4.69) is 31.4 Å². The second kappa shape index (κ2) is 7.31. The predicted octanol–water partition coefficient (Wildman–Crippen LogP) is 3.88. The van der Waals surface area contributed by atoms with Gasteiger partial charge in [0.25, 0.3) is 0 Å². The maximum absolute atomic E-state index is 12.7. The zero-order valence-electron chi connectivity index (χ0n) is 13.0. The van der Waals surface area contributed by atoms with E-state index >= 15 is 0 Å². The molecule has 0 aliphatic heterocycles. The number of rotatable bonds is 4. The van der Waals surface area contributed by atoms with Crippen molar-refractivity contribution in [1.29, 1.82) is 0 Å². The van der Waals surface area contributed by atoms with E-state index in [1.54, 1.807) is 24.4 Å². The number of carbonyl (C=O) groups is 1. The molecule has 0 aliphatic rings. The van der Waals surface area contributed by atoms with Crippen LogP contribution >= 0.6 is 15.9 Å². The number of aromatic nitrogens is 2. The summed E-state index contributed by atoms with van der Waals surface area (Å²) in [6.07, 6.45) is 0.747. The van der Waals surface area contributed by atoms with Crippen molar-refractivity contribution < 1.29 is 9.90 Å². The Balaban J connectivity index is 1.91. The summed E-state index contributed by atoms with van der Waals surface area (Å²) in [7, 11) is 0. The van der Waals surface area contributed by atoms with Crippen molar-refractivity contribution in [1.82, 2.24) is 10.2 Å². The van der Waals surface area contributed by atoms with E-state index in [-0.39, 0.29) is 5.43 Å². The molecule has 0 aliphatic carbocycles. The molecule has 0 spiro atoms. The second-order valence-electron chi connectivity index (χ2n) is 5.39. The van der Waals surface area contributed by atoms with Gasteiger partial charge in [0, 0.05) is 28.3 Å². The first-order valence-corrected chi connectivity index (χ1v) is 8.24. The van der Waals surface area contributed by atoms with Gasteiger partial charge in [0.15, 0.2) is 0 Å². The summed E-state index contributed by atoms with van der Waals surface area (Å²) in [6, 6.07) is 14.3. The van der Waals surface area contributed by atoms with Crippen molar-refractivity contribution in [3.63, 3.8) is 0 Å². The third-order valence-corrected chi connectivity index (χ3v) is 4.15. The van der Waals surface area contributed by atoms with Gasteiger partial charge in [-0.3, -0.25) is 15.2 Å². The van der Waals surface area contributed by atoms with Crippen LogP contribution in [0.25, 0.3) is 11.1 Å². The fraction of sp³-hybridized carbons (Fsp3) is 0.0556. The van der Waals surface area contributed by atoms with Crippen molar-refractivity contribution >= 4 is 27.7 Å². The van der Waals surface area contributed by atoms with E-state index in [4.69, 9.17) is 5.11 Å². The zero-order valence-corrected chi connectivity index (χ0v) is 14.6. The van der Waals surface area contributed by atoms with Crippen molar-refractivity contribution in [2.24, 2.45) is 0 Å². The monoisotopic (exact) mass is 399 g/mol. The molecule has 1 heterocycles. The highest BCUT2D eigenvalue weighted by Gasteiger charge is 2.10. The summed E-state index contributed by atoms with van der Waals surface area (Å²) in [5.74, 6) is 0. The maximum atomic E-state index is 12.7. The maximum Gasteiger partial charge on any atom is 0.409 e. The van der Waals surface area contributed by atoms with Crippen LogP contribution in [0.5, 0.6) is 0 Å². The largest absolute Gasteiger partial charge is 0.465 e. The molecule has 0 fully saturated rings. The Morgan fingerprint density at radius 1 is 1.20 bits per heavy atom. The molecule has 1 aromatic heterocycles. The van der Waals surface area contributed by atoms with Crippen LogP contribution in [0.1, 0.15) is 11.3 Å². The summed E-state index contributed by atoms with van der Waals surface area (Å²) in [4.78, 5) is 23.5. The number of amides is 1. The van der Waals surface area contributed by atoms with Gasteiger partial charge in [-0.05, 0) is 35.4 Å². The number of aromatic amines is 1. The van der Waals surface area contributed by atoms with Gasteiger partial charge < -0.3 is 5.11 Å². The van der Waals surface area contributed by atoms with Gasteiger partial charge >= 0.3 is 6.09 Å². The molecule has 25 heavy (non-hydrogen) atoms. The number of hydrogen-bond donors (Lipinski definition) is 3. The number of anilines is 1. The van der Waals surface area contributed by atoms with Crippen molar-refractivity contribution in [3.8, 4) is 11.1 Å². The van der Waals surface area contributed by atoms with Crippen molar-refractivity contribution in [2.75, 3.05) is 5.32 Å². The van der Waals surface area contributed by atoms with E-state index in [1.165, 1.54) is 0 Å². The van der Waals surface area contributed by atoms with Gasteiger partial charge in [-0.1, -0.05) is 40.2 Å². The molecule has 7 heteroatoms. The van der Waals surface area contributed by atoms with Crippen LogP contribution in [0.3, 0.4) is 0 Å². The number of hydrogen-bond acceptors (Lipinski definition) is 3. The summed E-state index contributed by atoms with van der Waals surface area (Å²) in [5, 5.41) is 17.9. The summed E-state index contributed by atoms with van der Waals surface area (Å²) in [6.45, 7) is 0. The average molecular weight is 400 g/mol. The highest BCUT2D eigenvalue weighted by atomic mass is 79.9. The Bertz CT molecular complexity index is 968. The molecule has 3 rings (SSSR count). The zero-order chi connectivity index (χ0) is 17.8. The fourth-order valence-corrected chi connectivity index (χ4v) is 2.75. The molecule has 0 radical (unpaired) electrons. The molecule has 2 aromatic carbocycles. The van der Waals surface area contributed by atoms with E-state index in [0.29, 0.717) is 23.4 Å². The van der Waals surface area contributed by atoms with E-state index in [9.17, 15) is 9.59 Å². The van der Waals surface area contributed by atoms with Crippen LogP contribution in [0, 0.1) is 0 Å².